The summed E-state index contributed by atoms with van der Waals surface area (Å²) in [6, 6.07) is 0.271. The van der Waals surface area contributed by atoms with Crippen LogP contribution >= 0.6 is 0 Å². The number of rotatable bonds is 5. The van der Waals surface area contributed by atoms with E-state index < -0.39 is 0 Å². The average molecular weight is 321 g/mol. The molecule has 0 bridgehead atoms. The zero-order valence-corrected chi connectivity index (χ0v) is 14.4. The zero-order chi connectivity index (χ0) is 16.2. The van der Waals surface area contributed by atoms with Crippen LogP contribution in [0.4, 0.5) is 0 Å². The smallest absolute Gasteiger partial charge is 0.226 e. The molecule has 1 aliphatic heterocycles. The minimum atomic E-state index is 0.215. The third-order valence-corrected chi connectivity index (χ3v) is 5.87. The number of carbonyl (C=O) groups is 1. The lowest BCUT2D eigenvalue weighted by Crippen LogP contribution is -2.53. The van der Waals surface area contributed by atoms with Gasteiger partial charge in [-0.1, -0.05) is 13.0 Å². The molecule has 130 valence electrons. The van der Waals surface area contributed by atoms with E-state index in [-0.39, 0.29) is 18.1 Å². The minimum absolute atomic E-state index is 0.215. The molecule has 3 unspecified atom stereocenters. The van der Waals surface area contributed by atoms with E-state index in [1.165, 1.54) is 12.8 Å². The summed E-state index contributed by atoms with van der Waals surface area (Å²) in [4.78, 5) is 15.2. The quantitative estimate of drug-likeness (QED) is 0.577. The van der Waals surface area contributed by atoms with Crippen molar-refractivity contribution in [3.05, 3.63) is 12.7 Å². The number of ether oxygens (including phenoxy) is 2. The van der Waals surface area contributed by atoms with Gasteiger partial charge in [0.2, 0.25) is 5.91 Å². The molecule has 1 amide bonds. The first-order valence-corrected chi connectivity index (χ1v) is 9.29. The molecule has 0 aromatic rings. The summed E-state index contributed by atoms with van der Waals surface area (Å²) in [5.74, 6) is 1.93. The van der Waals surface area contributed by atoms with E-state index in [9.17, 15) is 4.79 Å². The van der Waals surface area contributed by atoms with Gasteiger partial charge < -0.3 is 14.4 Å². The Hall–Kier alpha value is -0.870. The topological polar surface area (TPSA) is 38.8 Å². The summed E-state index contributed by atoms with van der Waals surface area (Å²) in [7, 11) is 0. The highest BCUT2D eigenvalue weighted by atomic mass is 16.5. The molecule has 23 heavy (non-hydrogen) atoms. The molecule has 0 spiro atoms. The number of hydrogen-bond acceptors (Lipinski definition) is 3. The third-order valence-electron chi connectivity index (χ3n) is 5.87. The second-order valence-corrected chi connectivity index (χ2v) is 7.63. The first kappa shape index (κ1) is 17.0. The number of amides is 1. The van der Waals surface area contributed by atoms with Crippen molar-refractivity contribution < 1.29 is 14.3 Å². The molecular weight excluding hydrogens is 290 g/mol. The van der Waals surface area contributed by atoms with Crippen molar-refractivity contribution in [2.24, 2.45) is 17.8 Å². The number of nitrogens with zero attached hydrogens (tertiary/aromatic N) is 1. The Kier molecular flexibility index (Phi) is 5.76. The minimum Gasteiger partial charge on any atom is -0.377 e. The lowest BCUT2D eigenvalue weighted by Gasteiger charge is -2.40. The predicted octanol–water partition coefficient (Wildman–Crippen LogP) is 3.02. The van der Waals surface area contributed by atoms with Crippen LogP contribution < -0.4 is 0 Å². The normalized spacial score (nSPS) is 37.4. The van der Waals surface area contributed by atoms with Crippen LogP contribution in [0.3, 0.4) is 0 Å². The Bertz CT molecular complexity index is 417. The highest BCUT2D eigenvalue weighted by Gasteiger charge is 2.44. The van der Waals surface area contributed by atoms with Crippen LogP contribution in [0, 0.1) is 17.8 Å². The molecule has 4 nitrogen and oxygen atoms in total. The summed E-state index contributed by atoms with van der Waals surface area (Å²) < 4.78 is 11.6. The second-order valence-electron chi connectivity index (χ2n) is 7.63. The van der Waals surface area contributed by atoms with E-state index in [0.29, 0.717) is 25.0 Å². The Labute approximate surface area is 140 Å². The van der Waals surface area contributed by atoms with Crippen LogP contribution in [0.5, 0.6) is 0 Å². The maximum absolute atomic E-state index is 13.0. The van der Waals surface area contributed by atoms with E-state index in [1.54, 1.807) is 6.08 Å². The van der Waals surface area contributed by atoms with Gasteiger partial charge >= 0.3 is 0 Å². The molecule has 0 aromatic heterocycles. The zero-order valence-electron chi connectivity index (χ0n) is 14.4. The number of morpholine rings is 1. The lowest BCUT2D eigenvalue weighted by atomic mass is 9.82. The van der Waals surface area contributed by atoms with Crippen molar-refractivity contribution in [1.29, 1.82) is 0 Å². The fraction of sp³-hybridized carbons (Fsp3) is 0.842. The van der Waals surface area contributed by atoms with Gasteiger partial charge in [0.25, 0.3) is 0 Å². The number of fused-ring (bicyclic) bond motifs is 1. The molecule has 0 radical (unpaired) electrons. The summed E-state index contributed by atoms with van der Waals surface area (Å²) >= 11 is 0. The molecule has 0 N–H and O–H groups in total. The molecule has 3 atom stereocenters. The Morgan fingerprint density at radius 3 is 2.83 bits per heavy atom. The highest BCUT2D eigenvalue weighted by molar-refractivity contribution is 5.79. The van der Waals surface area contributed by atoms with Crippen molar-refractivity contribution in [2.45, 2.75) is 57.6 Å². The van der Waals surface area contributed by atoms with Crippen LogP contribution in [0.2, 0.25) is 0 Å². The largest absolute Gasteiger partial charge is 0.377 e. The van der Waals surface area contributed by atoms with E-state index in [4.69, 9.17) is 9.47 Å². The average Bonchev–Trinajstić information content (AvgIpc) is 2.98. The fourth-order valence-electron chi connectivity index (χ4n) is 4.52. The van der Waals surface area contributed by atoms with Crippen molar-refractivity contribution in [3.63, 3.8) is 0 Å². The Morgan fingerprint density at radius 2 is 2.09 bits per heavy atom. The van der Waals surface area contributed by atoms with Crippen LogP contribution in [0.15, 0.2) is 12.7 Å². The molecular formula is C19H31NO3. The van der Waals surface area contributed by atoms with Gasteiger partial charge in [-0.25, -0.2) is 0 Å². The molecule has 1 heterocycles. The standard InChI is InChI=1S/C19H31NO3/c1-3-9-22-13-15-11-17-18(12-15)23-10-8-20(17)19(21)16-6-4-14(2)5-7-16/h3,14-18H,1,4-13H2,2H3. The SMILES string of the molecule is C=CCOCC1CC2OCCN(C(=O)C3CCC(C)CC3)C2C1. The van der Waals surface area contributed by atoms with Crippen molar-refractivity contribution in [1.82, 2.24) is 4.90 Å². The number of carbonyl (C=O) groups excluding carboxylic acids is 1. The van der Waals surface area contributed by atoms with Gasteiger partial charge in [-0.2, -0.15) is 0 Å². The molecule has 2 saturated carbocycles. The summed E-state index contributed by atoms with van der Waals surface area (Å²) in [5.41, 5.74) is 0. The van der Waals surface area contributed by atoms with Crippen LogP contribution in [-0.2, 0) is 14.3 Å². The number of hydrogen-bond donors (Lipinski definition) is 0. The van der Waals surface area contributed by atoms with Gasteiger partial charge in [0.05, 0.1) is 25.4 Å². The predicted molar refractivity (Wildman–Crippen MR) is 90.1 cm³/mol. The van der Waals surface area contributed by atoms with Gasteiger partial charge in [0.15, 0.2) is 0 Å². The van der Waals surface area contributed by atoms with Gasteiger partial charge in [0.1, 0.15) is 0 Å². The summed E-state index contributed by atoms with van der Waals surface area (Å²) in [6.07, 6.45) is 8.59. The van der Waals surface area contributed by atoms with Crippen LogP contribution in [-0.4, -0.2) is 49.3 Å². The fourth-order valence-corrected chi connectivity index (χ4v) is 4.52. The van der Waals surface area contributed by atoms with Gasteiger partial charge in [-0.15, -0.1) is 6.58 Å². The molecule has 4 heteroatoms. The third kappa shape index (κ3) is 3.97. The first-order chi connectivity index (χ1) is 11.2. The van der Waals surface area contributed by atoms with E-state index in [0.717, 1.165) is 44.8 Å². The molecule has 3 aliphatic rings. The Morgan fingerprint density at radius 1 is 1.30 bits per heavy atom. The lowest BCUT2D eigenvalue weighted by molar-refractivity contribution is -0.149. The van der Waals surface area contributed by atoms with Crippen molar-refractivity contribution >= 4 is 5.91 Å². The molecule has 3 rings (SSSR count). The van der Waals surface area contributed by atoms with Gasteiger partial charge in [-0.05, 0) is 50.4 Å². The summed E-state index contributed by atoms with van der Waals surface area (Å²) in [5, 5.41) is 0. The first-order valence-electron chi connectivity index (χ1n) is 9.29. The highest BCUT2D eigenvalue weighted by Crippen LogP contribution is 2.37. The van der Waals surface area contributed by atoms with Gasteiger partial charge in [0, 0.05) is 19.1 Å². The van der Waals surface area contributed by atoms with E-state index >= 15 is 0 Å². The molecule has 0 aromatic carbocycles. The second kappa shape index (κ2) is 7.80. The van der Waals surface area contributed by atoms with Crippen LogP contribution in [0.1, 0.15) is 45.4 Å². The monoisotopic (exact) mass is 321 g/mol. The molecule has 2 aliphatic carbocycles. The van der Waals surface area contributed by atoms with Crippen molar-refractivity contribution in [2.75, 3.05) is 26.4 Å². The Balaban J connectivity index is 1.57. The van der Waals surface area contributed by atoms with Crippen LogP contribution in [0.25, 0.3) is 0 Å². The van der Waals surface area contributed by atoms with Crippen molar-refractivity contribution in [3.8, 4) is 0 Å². The molecule has 3 fully saturated rings. The molecule has 1 saturated heterocycles. The maximum Gasteiger partial charge on any atom is 0.226 e. The van der Waals surface area contributed by atoms with E-state index in [1.807, 2.05) is 0 Å². The van der Waals surface area contributed by atoms with Gasteiger partial charge in [-0.3, -0.25) is 4.79 Å². The maximum atomic E-state index is 13.0. The summed E-state index contributed by atoms with van der Waals surface area (Å²) in [6.45, 7) is 8.81. The van der Waals surface area contributed by atoms with E-state index in [2.05, 4.69) is 18.4 Å².